The van der Waals surface area contributed by atoms with E-state index in [1.54, 1.807) is 6.20 Å². The quantitative estimate of drug-likeness (QED) is 0.706. The summed E-state index contributed by atoms with van der Waals surface area (Å²) in [5.41, 5.74) is 7.12. The molecule has 2 heterocycles. The molecule has 1 aliphatic heterocycles. The molecule has 6 nitrogen and oxygen atoms in total. The van der Waals surface area contributed by atoms with Crippen molar-refractivity contribution in [3.05, 3.63) is 30.1 Å². The van der Waals surface area contributed by atoms with Crippen LogP contribution < -0.4 is 11.1 Å². The van der Waals surface area contributed by atoms with E-state index in [2.05, 4.69) is 21.3 Å². The molecule has 2 aliphatic rings. The topological polar surface area (TPSA) is 91.5 Å². The number of nitrogens with one attached hydrogen (secondary N) is 1. The molecule has 1 saturated carbocycles. The molecule has 0 bridgehead atoms. The Morgan fingerprint density at radius 1 is 1.27 bits per heavy atom. The molecule has 0 unspecified atom stereocenters. The number of pyridine rings is 1. The molecule has 1 aromatic rings. The van der Waals surface area contributed by atoms with Gasteiger partial charge in [0.15, 0.2) is 0 Å². The molecule has 26 heavy (non-hydrogen) atoms. The summed E-state index contributed by atoms with van der Waals surface area (Å²) in [6.07, 6.45) is 7.16. The fourth-order valence-corrected chi connectivity index (χ4v) is 3.73. The largest absolute Gasteiger partial charge is 0.392 e. The summed E-state index contributed by atoms with van der Waals surface area (Å²) in [5, 5.41) is 12.9. The van der Waals surface area contributed by atoms with Crippen LogP contribution in [-0.2, 0) is 11.3 Å². The van der Waals surface area contributed by atoms with Crippen molar-refractivity contribution in [2.24, 2.45) is 11.7 Å². The molecule has 0 radical (unpaired) electrons. The first kappa shape index (κ1) is 23.1. The van der Waals surface area contributed by atoms with Crippen molar-refractivity contribution < 1.29 is 9.90 Å². The van der Waals surface area contributed by atoms with Crippen molar-refractivity contribution in [3.63, 3.8) is 0 Å². The summed E-state index contributed by atoms with van der Waals surface area (Å²) in [4.78, 5) is 19.0. The van der Waals surface area contributed by atoms with Crippen LogP contribution in [0.5, 0.6) is 0 Å². The molecule has 3 rings (SSSR count). The molecule has 8 heteroatoms. The molecule has 2 fully saturated rings. The van der Waals surface area contributed by atoms with E-state index in [0.717, 1.165) is 38.9 Å². The van der Waals surface area contributed by atoms with Crippen molar-refractivity contribution in [3.8, 4) is 0 Å². The number of hydrogen-bond acceptors (Lipinski definition) is 5. The Balaban J connectivity index is 0.00000169. The number of aliphatic hydroxyl groups excluding tert-OH is 1. The summed E-state index contributed by atoms with van der Waals surface area (Å²) in [6, 6.07) is 4.05. The third kappa shape index (κ3) is 6.35. The minimum absolute atomic E-state index is 0. The molecule has 148 valence electrons. The van der Waals surface area contributed by atoms with E-state index >= 15 is 0 Å². The van der Waals surface area contributed by atoms with Crippen LogP contribution in [0.15, 0.2) is 24.5 Å². The normalized spacial score (nSPS) is 27.1. The first-order valence-corrected chi connectivity index (χ1v) is 8.97. The highest BCUT2D eigenvalue weighted by molar-refractivity contribution is 5.85. The molecule has 1 aromatic heterocycles. The smallest absolute Gasteiger partial charge is 0.223 e. The average molecular weight is 405 g/mol. The maximum Gasteiger partial charge on any atom is 0.223 e. The highest BCUT2D eigenvalue weighted by Gasteiger charge is 2.32. The number of hydrogen-bond donors (Lipinski definition) is 3. The van der Waals surface area contributed by atoms with Crippen molar-refractivity contribution in [1.82, 2.24) is 15.2 Å². The van der Waals surface area contributed by atoms with Gasteiger partial charge in [0.2, 0.25) is 5.91 Å². The number of carbonyl (C=O) groups excluding carboxylic acids is 1. The van der Waals surface area contributed by atoms with Gasteiger partial charge in [-0.3, -0.25) is 14.7 Å². The number of rotatable bonds is 4. The Labute approximate surface area is 167 Å². The van der Waals surface area contributed by atoms with Crippen LogP contribution >= 0.6 is 24.8 Å². The molecular formula is C18H30Cl2N4O2. The zero-order valence-corrected chi connectivity index (χ0v) is 16.6. The molecular weight excluding hydrogens is 375 g/mol. The van der Waals surface area contributed by atoms with Crippen LogP contribution in [0.1, 0.15) is 37.7 Å². The van der Waals surface area contributed by atoms with Gasteiger partial charge in [0.05, 0.1) is 6.10 Å². The van der Waals surface area contributed by atoms with Gasteiger partial charge in [-0.25, -0.2) is 0 Å². The summed E-state index contributed by atoms with van der Waals surface area (Å²) in [7, 11) is 0. The average Bonchev–Trinajstić information content (AvgIpc) is 2.60. The Morgan fingerprint density at radius 2 is 2.00 bits per heavy atom. The second-order valence-electron chi connectivity index (χ2n) is 7.16. The molecule has 3 atom stereocenters. The van der Waals surface area contributed by atoms with Crippen LogP contribution in [0.25, 0.3) is 0 Å². The van der Waals surface area contributed by atoms with E-state index < -0.39 is 6.10 Å². The number of amides is 1. The van der Waals surface area contributed by atoms with Gasteiger partial charge in [-0.2, -0.15) is 0 Å². The molecule has 1 aliphatic carbocycles. The standard InChI is InChI=1S/C18H28N4O2.2ClH/c19-16-10-14(3-4-17(16)23)18(24)21-15-5-8-22(9-6-15)12-13-2-1-7-20-11-13;;/h1-2,7,11,14-17,23H,3-6,8-10,12,19H2,(H,21,24);2*1H/t14-,16+,17+;;/m0../s1. The lowest BCUT2D eigenvalue weighted by atomic mass is 9.83. The number of piperidine rings is 1. The van der Waals surface area contributed by atoms with Gasteiger partial charge in [0, 0.05) is 50.0 Å². The lowest BCUT2D eigenvalue weighted by Gasteiger charge is -2.34. The number of likely N-dealkylation sites (tertiary alicyclic amines) is 1. The van der Waals surface area contributed by atoms with Gasteiger partial charge in [-0.15, -0.1) is 24.8 Å². The molecule has 1 amide bonds. The van der Waals surface area contributed by atoms with E-state index in [4.69, 9.17) is 5.73 Å². The van der Waals surface area contributed by atoms with Crippen molar-refractivity contribution in [1.29, 1.82) is 0 Å². The van der Waals surface area contributed by atoms with Gasteiger partial charge in [-0.05, 0) is 43.7 Å². The third-order valence-corrected chi connectivity index (χ3v) is 5.30. The number of aliphatic hydroxyl groups is 1. The molecule has 4 N–H and O–H groups in total. The van der Waals surface area contributed by atoms with Crippen LogP contribution in [0, 0.1) is 5.92 Å². The Bertz CT molecular complexity index is 541. The fraction of sp³-hybridized carbons (Fsp3) is 0.667. The number of nitrogens with zero attached hydrogens (tertiary/aromatic N) is 2. The van der Waals surface area contributed by atoms with Gasteiger partial charge >= 0.3 is 0 Å². The van der Waals surface area contributed by atoms with Crippen molar-refractivity contribution in [2.75, 3.05) is 13.1 Å². The fourth-order valence-electron chi connectivity index (χ4n) is 3.73. The second-order valence-corrected chi connectivity index (χ2v) is 7.16. The van der Waals surface area contributed by atoms with Gasteiger partial charge < -0.3 is 16.2 Å². The zero-order chi connectivity index (χ0) is 16.9. The Morgan fingerprint density at radius 3 is 2.62 bits per heavy atom. The zero-order valence-electron chi connectivity index (χ0n) is 14.9. The van der Waals surface area contributed by atoms with Gasteiger partial charge in [0.1, 0.15) is 0 Å². The van der Waals surface area contributed by atoms with Gasteiger partial charge in [-0.1, -0.05) is 6.07 Å². The Hall–Kier alpha value is -0.920. The minimum atomic E-state index is -0.454. The molecule has 1 saturated heterocycles. The maximum absolute atomic E-state index is 12.4. The van der Waals surface area contributed by atoms with E-state index in [9.17, 15) is 9.90 Å². The molecule has 0 spiro atoms. The SMILES string of the molecule is Cl.Cl.N[C@@H]1C[C@@H](C(=O)NC2CCN(Cc3cccnc3)CC2)CC[C@H]1O. The Kier molecular flexibility index (Phi) is 9.82. The predicted molar refractivity (Wildman–Crippen MR) is 106 cm³/mol. The van der Waals surface area contributed by atoms with Crippen molar-refractivity contribution >= 4 is 30.7 Å². The summed E-state index contributed by atoms with van der Waals surface area (Å²) >= 11 is 0. The third-order valence-electron chi connectivity index (χ3n) is 5.30. The highest BCUT2D eigenvalue weighted by atomic mass is 35.5. The van der Waals surface area contributed by atoms with E-state index in [-0.39, 0.29) is 48.7 Å². The van der Waals surface area contributed by atoms with Gasteiger partial charge in [0.25, 0.3) is 0 Å². The number of halogens is 2. The summed E-state index contributed by atoms with van der Waals surface area (Å²) < 4.78 is 0. The van der Waals surface area contributed by atoms with E-state index in [1.165, 1.54) is 5.56 Å². The molecule has 0 aromatic carbocycles. The first-order chi connectivity index (χ1) is 11.6. The van der Waals surface area contributed by atoms with E-state index in [0.29, 0.717) is 12.8 Å². The van der Waals surface area contributed by atoms with Crippen LogP contribution in [-0.4, -0.2) is 52.2 Å². The number of nitrogens with two attached hydrogens (primary N) is 1. The lowest BCUT2D eigenvalue weighted by Crippen LogP contribution is -2.49. The maximum atomic E-state index is 12.4. The first-order valence-electron chi connectivity index (χ1n) is 8.97. The highest BCUT2D eigenvalue weighted by Crippen LogP contribution is 2.24. The van der Waals surface area contributed by atoms with Crippen LogP contribution in [0.4, 0.5) is 0 Å². The summed E-state index contributed by atoms with van der Waals surface area (Å²) in [5.74, 6) is 0.0693. The second kappa shape index (κ2) is 11.0. The van der Waals surface area contributed by atoms with Crippen LogP contribution in [0.2, 0.25) is 0 Å². The monoisotopic (exact) mass is 404 g/mol. The summed E-state index contributed by atoms with van der Waals surface area (Å²) in [6.45, 7) is 2.90. The van der Waals surface area contributed by atoms with Crippen molar-refractivity contribution in [2.45, 2.75) is 56.8 Å². The number of carbonyl (C=O) groups is 1. The van der Waals surface area contributed by atoms with E-state index in [1.807, 2.05) is 12.3 Å². The lowest BCUT2D eigenvalue weighted by molar-refractivity contribution is -0.127. The number of aromatic nitrogens is 1. The minimum Gasteiger partial charge on any atom is -0.392 e. The van der Waals surface area contributed by atoms with Crippen LogP contribution in [0.3, 0.4) is 0 Å². The predicted octanol–water partition coefficient (Wildman–Crippen LogP) is 1.49.